The van der Waals surface area contributed by atoms with Gasteiger partial charge in [0.2, 0.25) is 5.95 Å². The second kappa shape index (κ2) is 9.07. The van der Waals surface area contributed by atoms with Gasteiger partial charge in [-0.1, -0.05) is 30.8 Å². The van der Waals surface area contributed by atoms with Crippen LogP contribution in [-0.4, -0.2) is 45.9 Å². The summed E-state index contributed by atoms with van der Waals surface area (Å²) in [6.45, 7) is 6.54. The molecule has 4 rings (SSSR count). The van der Waals surface area contributed by atoms with Gasteiger partial charge >= 0.3 is 0 Å². The van der Waals surface area contributed by atoms with Crippen molar-refractivity contribution in [2.75, 3.05) is 18.4 Å². The Bertz CT molecular complexity index is 927. The van der Waals surface area contributed by atoms with E-state index in [1.54, 1.807) is 0 Å². The predicted octanol–water partition coefficient (Wildman–Crippen LogP) is 2.92. The molecule has 7 nitrogen and oxygen atoms in total. The molecule has 1 aliphatic heterocycles. The normalized spacial score (nSPS) is 15.3. The van der Waals surface area contributed by atoms with Crippen molar-refractivity contribution in [3.05, 3.63) is 65.2 Å². The fraction of sp³-hybridized carbons (Fsp3) is 0.391. The zero-order valence-electron chi connectivity index (χ0n) is 17.2. The molecule has 7 heteroatoms. The summed E-state index contributed by atoms with van der Waals surface area (Å²) in [6, 6.07) is 8.98. The monoisotopic (exact) mass is 403 g/mol. The second-order valence-electron chi connectivity index (χ2n) is 8.00. The topological polar surface area (TPSA) is 101 Å². The van der Waals surface area contributed by atoms with E-state index < -0.39 is 0 Å². The van der Waals surface area contributed by atoms with Crippen LogP contribution < -0.4 is 10.6 Å². The molecule has 0 bridgehead atoms. The maximum Gasteiger partial charge on any atom is 0.223 e. The van der Waals surface area contributed by atoms with Crippen molar-refractivity contribution in [3.63, 3.8) is 0 Å². The molecular weight excluding hydrogens is 374 g/mol. The average Bonchev–Trinajstić information content (AvgIpc) is 3.18. The molecule has 2 heterocycles. The highest BCUT2D eigenvalue weighted by molar-refractivity contribution is 6.27. The van der Waals surface area contributed by atoms with Crippen LogP contribution in [0.4, 0.5) is 5.95 Å². The molecule has 0 atom stereocenters. The standard InChI is InChI=1S/C23H29N7/c1-16(26-9-4-7-20(25)13-24)30-10-8-22-19(15-30)14-27-23(29-22)28-21-11-17-5-2-3-6-18(17)12-21/h2-3,5-6,13-14,21,24-26H,1,4,7-12,15H2,(H,27,28,29). The fourth-order valence-corrected chi connectivity index (χ4v) is 4.16. The largest absolute Gasteiger partial charge is 0.372 e. The molecule has 1 aliphatic carbocycles. The lowest BCUT2D eigenvalue weighted by Crippen LogP contribution is -2.36. The minimum absolute atomic E-state index is 0.359. The second-order valence-corrected chi connectivity index (χ2v) is 8.00. The molecule has 30 heavy (non-hydrogen) atoms. The molecule has 1 aromatic heterocycles. The van der Waals surface area contributed by atoms with Crippen LogP contribution >= 0.6 is 0 Å². The van der Waals surface area contributed by atoms with Gasteiger partial charge in [0.15, 0.2) is 0 Å². The molecule has 0 unspecified atom stereocenters. The first kappa shape index (κ1) is 20.1. The summed E-state index contributed by atoms with van der Waals surface area (Å²) >= 11 is 0. The van der Waals surface area contributed by atoms with E-state index in [1.807, 2.05) is 6.20 Å². The Morgan fingerprint density at radius 1 is 1.23 bits per heavy atom. The van der Waals surface area contributed by atoms with Crippen molar-refractivity contribution in [2.45, 2.75) is 44.7 Å². The van der Waals surface area contributed by atoms with Gasteiger partial charge in [-0.2, -0.15) is 0 Å². The molecule has 0 saturated carbocycles. The van der Waals surface area contributed by atoms with Gasteiger partial charge in [-0.25, -0.2) is 9.97 Å². The van der Waals surface area contributed by atoms with Gasteiger partial charge in [0.1, 0.15) is 0 Å². The number of rotatable bonds is 9. The molecule has 2 aliphatic rings. The zero-order valence-corrected chi connectivity index (χ0v) is 17.2. The smallest absolute Gasteiger partial charge is 0.223 e. The number of fused-ring (bicyclic) bond motifs is 2. The van der Waals surface area contributed by atoms with Crippen molar-refractivity contribution < 1.29 is 0 Å². The van der Waals surface area contributed by atoms with Crippen molar-refractivity contribution >= 4 is 17.9 Å². The Hall–Kier alpha value is -3.22. The fourth-order valence-electron chi connectivity index (χ4n) is 4.16. The van der Waals surface area contributed by atoms with E-state index in [1.165, 1.54) is 11.1 Å². The van der Waals surface area contributed by atoms with Crippen molar-refractivity contribution in [3.8, 4) is 0 Å². The van der Waals surface area contributed by atoms with Gasteiger partial charge in [0.05, 0.1) is 11.5 Å². The van der Waals surface area contributed by atoms with Crippen molar-refractivity contribution in [1.82, 2.24) is 20.2 Å². The molecule has 0 amide bonds. The Kier molecular flexibility index (Phi) is 6.07. The molecule has 0 radical (unpaired) electrons. The predicted molar refractivity (Wildman–Crippen MR) is 120 cm³/mol. The lowest BCUT2D eigenvalue weighted by Gasteiger charge is -2.32. The third kappa shape index (κ3) is 4.67. The summed E-state index contributed by atoms with van der Waals surface area (Å²) in [4.78, 5) is 11.6. The lowest BCUT2D eigenvalue weighted by atomic mass is 10.1. The Morgan fingerprint density at radius 3 is 2.73 bits per heavy atom. The summed E-state index contributed by atoms with van der Waals surface area (Å²) in [7, 11) is 0. The van der Waals surface area contributed by atoms with E-state index in [0.29, 0.717) is 18.2 Å². The molecule has 0 fully saturated rings. The van der Waals surface area contributed by atoms with Crippen LogP contribution in [0.5, 0.6) is 0 Å². The third-order valence-electron chi connectivity index (χ3n) is 5.83. The average molecular weight is 404 g/mol. The summed E-state index contributed by atoms with van der Waals surface area (Å²) in [5.74, 6) is 1.62. The Labute approximate surface area is 177 Å². The number of nitrogens with one attached hydrogen (secondary N) is 4. The lowest BCUT2D eigenvalue weighted by molar-refractivity contribution is 0.297. The first-order chi connectivity index (χ1) is 14.6. The van der Waals surface area contributed by atoms with E-state index in [4.69, 9.17) is 15.8 Å². The van der Waals surface area contributed by atoms with Gasteiger partial charge in [-0.05, 0) is 36.8 Å². The van der Waals surface area contributed by atoms with Crippen LogP contribution in [0.1, 0.15) is 35.2 Å². The van der Waals surface area contributed by atoms with Gasteiger partial charge in [0, 0.05) is 55.8 Å². The quantitative estimate of drug-likeness (QED) is 0.381. The van der Waals surface area contributed by atoms with Crippen LogP contribution in [0.15, 0.2) is 42.9 Å². The van der Waals surface area contributed by atoms with E-state index in [-0.39, 0.29) is 0 Å². The molecule has 156 valence electrons. The van der Waals surface area contributed by atoms with Crippen LogP contribution in [-0.2, 0) is 25.8 Å². The van der Waals surface area contributed by atoms with Gasteiger partial charge in [-0.15, -0.1) is 0 Å². The van der Waals surface area contributed by atoms with Gasteiger partial charge < -0.3 is 26.4 Å². The minimum atomic E-state index is 0.359. The Morgan fingerprint density at radius 2 is 2.00 bits per heavy atom. The molecule has 0 spiro atoms. The summed E-state index contributed by atoms with van der Waals surface area (Å²) in [6.07, 6.45) is 7.40. The molecule has 2 aromatic rings. The molecule has 4 N–H and O–H groups in total. The summed E-state index contributed by atoms with van der Waals surface area (Å²) in [5.41, 5.74) is 5.47. The molecular formula is C23H29N7. The van der Waals surface area contributed by atoms with Crippen LogP contribution in [0, 0.1) is 10.8 Å². The Balaban J connectivity index is 1.29. The minimum Gasteiger partial charge on any atom is -0.372 e. The van der Waals surface area contributed by atoms with E-state index in [0.717, 1.165) is 74.6 Å². The maximum atomic E-state index is 7.50. The first-order valence-corrected chi connectivity index (χ1v) is 10.6. The number of benzene rings is 1. The number of anilines is 1. The van der Waals surface area contributed by atoms with Crippen LogP contribution in [0.2, 0.25) is 0 Å². The highest BCUT2D eigenvalue weighted by Crippen LogP contribution is 2.25. The van der Waals surface area contributed by atoms with Crippen molar-refractivity contribution in [2.24, 2.45) is 0 Å². The molecule has 1 aromatic carbocycles. The number of aromatic nitrogens is 2. The summed E-state index contributed by atoms with van der Waals surface area (Å²) < 4.78 is 0. The number of hydrogen-bond donors (Lipinski definition) is 4. The van der Waals surface area contributed by atoms with Crippen molar-refractivity contribution in [1.29, 1.82) is 10.8 Å². The highest BCUT2D eigenvalue weighted by Gasteiger charge is 2.23. The molecule has 0 saturated heterocycles. The van der Waals surface area contributed by atoms with Gasteiger partial charge in [0.25, 0.3) is 0 Å². The van der Waals surface area contributed by atoms with Gasteiger partial charge in [-0.3, -0.25) is 0 Å². The SMILES string of the molecule is C=C(NCCCC(=N)C=N)N1CCc2nc(NC3Cc4ccccc4C3)ncc2C1. The maximum absolute atomic E-state index is 7.50. The third-order valence-corrected chi connectivity index (χ3v) is 5.83. The number of hydrogen-bond acceptors (Lipinski definition) is 7. The first-order valence-electron chi connectivity index (χ1n) is 10.6. The summed E-state index contributed by atoms with van der Waals surface area (Å²) in [5, 5.41) is 21.4. The van der Waals surface area contributed by atoms with E-state index >= 15 is 0 Å². The zero-order chi connectivity index (χ0) is 20.9. The van der Waals surface area contributed by atoms with E-state index in [2.05, 4.69) is 51.4 Å². The van der Waals surface area contributed by atoms with E-state index in [9.17, 15) is 0 Å². The van der Waals surface area contributed by atoms with Crippen LogP contribution in [0.25, 0.3) is 0 Å². The van der Waals surface area contributed by atoms with Crippen LogP contribution in [0.3, 0.4) is 0 Å². The highest BCUT2D eigenvalue weighted by atomic mass is 15.2. The number of nitrogens with zero attached hydrogens (tertiary/aromatic N) is 3.